The number of nitrogens with one attached hydrogen (secondary N) is 2. The van der Waals surface area contributed by atoms with Gasteiger partial charge in [-0.1, -0.05) is 29.4 Å². The molecular weight excluding hydrogens is 482 g/mol. The molecule has 0 bridgehead atoms. The van der Waals surface area contributed by atoms with Crippen LogP contribution in [0, 0.1) is 0 Å². The van der Waals surface area contributed by atoms with Crippen LogP contribution in [-0.4, -0.2) is 44.9 Å². The van der Waals surface area contributed by atoms with Gasteiger partial charge >= 0.3 is 5.97 Å². The number of rotatable bonds is 11. The molecule has 0 spiro atoms. The number of thioether (sulfide) groups is 1. The predicted molar refractivity (Wildman–Crippen MR) is 127 cm³/mol. The molecule has 0 saturated heterocycles. The lowest BCUT2D eigenvalue weighted by Gasteiger charge is -2.10. The van der Waals surface area contributed by atoms with Gasteiger partial charge in [0, 0.05) is 6.54 Å². The van der Waals surface area contributed by atoms with Gasteiger partial charge in [-0.3, -0.25) is 9.59 Å². The molecule has 0 aliphatic rings. The topological polar surface area (TPSA) is 128 Å². The molecule has 1 aromatic carbocycles. The number of ether oxygens (including phenoxy) is 1. The number of nitrogens with zero attached hydrogens (tertiary/aromatic N) is 3. The normalized spacial score (nSPS) is 10.5. The molecule has 2 amide bonds. The first-order valence-electron chi connectivity index (χ1n) is 10.2. The summed E-state index contributed by atoms with van der Waals surface area (Å²) in [7, 11) is 0. The second-order valence-corrected chi connectivity index (χ2v) is 8.06. The van der Waals surface area contributed by atoms with Gasteiger partial charge in [-0.05, 0) is 37.3 Å². The van der Waals surface area contributed by atoms with Crippen LogP contribution < -0.4 is 10.6 Å². The molecule has 12 heteroatoms. The third-order valence-electron chi connectivity index (χ3n) is 4.34. The predicted octanol–water partition coefficient (Wildman–Crippen LogP) is 3.55. The largest absolute Gasteiger partial charge is 0.462 e. The fraction of sp³-hybridized carbons (Fsp3) is 0.227. The van der Waals surface area contributed by atoms with Gasteiger partial charge in [0.05, 0.1) is 41.4 Å². The fourth-order valence-corrected chi connectivity index (χ4v) is 3.73. The smallest absolute Gasteiger partial charge is 0.338 e. The van der Waals surface area contributed by atoms with Gasteiger partial charge in [0.2, 0.25) is 5.91 Å². The van der Waals surface area contributed by atoms with Crippen LogP contribution in [0.3, 0.4) is 0 Å². The Kier molecular flexibility index (Phi) is 8.88. The quantitative estimate of drug-likeness (QED) is 0.231. The van der Waals surface area contributed by atoms with E-state index in [0.29, 0.717) is 23.2 Å². The van der Waals surface area contributed by atoms with Crippen LogP contribution in [0.4, 0.5) is 5.69 Å². The van der Waals surface area contributed by atoms with Crippen LogP contribution in [0.2, 0.25) is 5.02 Å². The Bertz CT molecular complexity index is 1180. The van der Waals surface area contributed by atoms with E-state index < -0.39 is 5.97 Å². The van der Waals surface area contributed by atoms with Gasteiger partial charge in [0.25, 0.3) is 5.91 Å². The number of hydrogen-bond acceptors (Lipinski definition) is 8. The summed E-state index contributed by atoms with van der Waals surface area (Å²) in [6.07, 6.45) is 3.07. The van der Waals surface area contributed by atoms with E-state index in [1.165, 1.54) is 24.5 Å². The first-order valence-corrected chi connectivity index (χ1v) is 11.5. The van der Waals surface area contributed by atoms with Gasteiger partial charge < -0.3 is 24.4 Å². The summed E-state index contributed by atoms with van der Waals surface area (Å²) in [6, 6.07) is 7.67. The summed E-state index contributed by atoms with van der Waals surface area (Å²) in [6.45, 7) is 6.17. The Morgan fingerprint density at radius 3 is 2.82 bits per heavy atom. The molecule has 0 saturated carbocycles. The van der Waals surface area contributed by atoms with Crippen molar-refractivity contribution in [3.63, 3.8) is 0 Å². The lowest BCUT2D eigenvalue weighted by molar-refractivity contribution is -0.113. The van der Waals surface area contributed by atoms with Crippen LogP contribution in [0.1, 0.15) is 33.7 Å². The SMILES string of the molecule is C=CCn1c(CNC(=O)c2ccco2)nnc1SCC(=O)Nc1cc(C(=O)OCC)ccc1Cl. The van der Waals surface area contributed by atoms with Crippen molar-refractivity contribution in [1.29, 1.82) is 0 Å². The zero-order valence-corrected chi connectivity index (χ0v) is 19.8. The van der Waals surface area contributed by atoms with E-state index in [0.717, 1.165) is 11.8 Å². The summed E-state index contributed by atoms with van der Waals surface area (Å²) in [4.78, 5) is 36.5. The Labute approximate surface area is 204 Å². The molecule has 34 heavy (non-hydrogen) atoms. The summed E-state index contributed by atoms with van der Waals surface area (Å²) in [5, 5.41) is 14.4. The lowest BCUT2D eigenvalue weighted by atomic mass is 10.2. The van der Waals surface area contributed by atoms with E-state index in [1.54, 1.807) is 29.7 Å². The lowest BCUT2D eigenvalue weighted by Crippen LogP contribution is -2.24. The maximum absolute atomic E-state index is 12.5. The van der Waals surface area contributed by atoms with E-state index in [-0.39, 0.29) is 47.1 Å². The zero-order valence-electron chi connectivity index (χ0n) is 18.2. The minimum Gasteiger partial charge on any atom is -0.462 e. The Morgan fingerprint density at radius 1 is 1.29 bits per heavy atom. The maximum atomic E-state index is 12.5. The van der Waals surface area contributed by atoms with Crippen molar-refractivity contribution in [2.75, 3.05) is 17.7 Å². The first-order chi connectivity index (χ1) is 16.4. The van der Waals surface area contributed by atoms with Crippen LogP contribution >= 0.6 is 23.4 Å². The number of halogens is 1. The summed E-state index contributed by atoms with van der Waals surface area (Å²) >= 11 is 7.31. The highest BCUT2D eigenvalue weighted by Gasteiger charge is 2.17. The maximum Gasteiger partial charge on any atom is 0.338 e. The highest BCUT2D eigenvalue weighted by molar-refractivity contribution is 7.99. The summed E-state index contributed by atoms with van der Waals surface area (Å²) in [5.74, 6) is -0.552. The average Bonchev–Trinajstić information content (AvgIpc) is 3.49. The second kappa shape index (κ2) is 12.1. The molecule has 2 heterocycles. The number of hydrogen-bond donors (Lipinski definition) is 2. The van der Waals surface area contributed by atoms with E-state index in [4.69, 9.17) is 20.8 Å². The molecule has 0 fully saturated rings. The van der Waals surface area contributed by atoms with E-state index in [9.17, 15) is 14.4 Å². The summed E-state index contributed by atoms with van der Waals surface area (Å²) < 4.78 is 11.8. The van der Waals surface area contributed by atoms with E-state index in [2.05, 4.69) is 27.4 Å². The number of aromatic nitrogens is 3. The number of benzene rings is 1. The molecule has 0 aliphatic heterocycles. The Morgan fingerprint density at radius 2 is 2.12 bits per heavy atom. The molecule has 3 aromatic rings. The van der Waals surface area contributed by atoms with Crippen molar-refractivity contribution in [3.05, 3.63) is 71.4 Å². The zero-order chi connectivity index (χ0) is 24.5. The third kappa shape index (κ3) is 6.49. The molecule has 10 nitrogen and oxygen atoms in total. The Balaban J connectivity index is 1.62. The summed E-state index contributed by atoms with van der Waals surface area (Å²) in [5.41, 5.74) is 0.577. The van der Waals surface area contributed by atoms with Gasteiger partial charge in [-0.15, -0.1) is 16.8 Å². The Hall–Kier alpha value is -3.57. The number of anilines is 1. The third-order valence-corrected chi connectivity index (χ3v) is 5.64. The number of carbonyl (C=O) groups is 3. The number of furan rings is 1. The van der Waals surface area contributed by atoms with Crippen molar-refractivity contribution in [3.8, 4) is 0 Å². The van der Waals surface area contributed by atoms with Crippen LogP contribution in [-0.2, 0) is 22.6 Å². The van der Waals surface area contributed by atoms with Crippen molar-refractivity contribution in [2.45, 2.75) is 25.2 Å². The standard InChI is InChI=1S/C22H22ClN5O5S/c1-3-9-28-18(12-24-20(30)17-6-5-10-33-17)26-27-22(28)34-13-19(29)25-16-11-14(7-8-15(16)23)21(31)32-4-2/h3,5-8,10-11H,1,4,9,12-13H2,2H3,(H,24,30)(H,25,29). The van der Waals surface area contributed by atoms with Crippen molar-refractivity contribution in [1.82, 2.24) is 20.1 Å². The monoisotopic (exact) mass is 503 g/mol. The first kappa shape index (κ1) is 25.1. The van der Waals surface area contributed by atoms with Gasteiger partial charge in [-0.2, -0.15) is 0 Å². The molecule has 0 aliphatic carbocycles. The van der Waals surface area contributed by atoms with Gasteiger partial charge in [0.15, 0.2) is 16.7 Å². The van der Waals surface area contributed by atoms with Crippen molar-refractivity contribution >= 4 is 46.8 Å². The molecular formula is C22H22ClN5O5S. The van der Waals surface area contributed by atoms with Crippen LogP contribution in [0.25, 0.3) is 0 Å². The van der Waals surface area contributed by atoms with Crippen molar-refractivity contribution < 1.29 is 23.5 Å². The van der Waals surface area contributed by atoms with Crippen LogP contribution in [0.5, 0.6) is 0 Å². The minimum absolute atomic E-state index is 0.00793. The molecule has 0 atom stereocenters. The number of esters is 1. The molecule has 3 rings (SSSR count). The molecule has 2 N–H and O–H groups in total. The molecule has 2 aromatic heterocycles. The van der Waals surface area contributed by atoms with Gasteiger partial charge in [-0.25, -0.2) is 4.79 Å². The highest BCUT2D eigenvalue weighted by atomic mass is 35.5. The molecule has 178 valence electrons. The number of amides is 2. The molecule has 0 unspecified atom stereocenters. The fourth-order valence-electron chi connectivity index (χ4n) is 2.80. The number of allylic oxidation sites excluding steroid dienone is 1. The molecule has 0 radical (unpaired) electrons. The van der Waals surface area contributed by atoms with Crippen molar-refractivity contribution in [2.24, 2.45) is 0 Å². The van der Waals surface area contributed by atoms with E-state index >= 15 is 0 Å². The van der Waals surface area contributed by atoms with Crippen LogP contribution in [0.15, 0.2) is 58.8 Å². The second-order valence-electron chi connectivity index (χ2n) is 6.71. The number of carbonyl (C=O) groups excluding carboxylic acids is 3. The minimum atomic E-state index is -0.506. The van der Waals surface area contributed by atoms with Gasteiger partial charge in [0.1, 0.15) is 0 Å². The van der Waals surface area contributed by atoms with E-state index in [1.807, 2.05) is 0 Å². The highest BCUT2D eigenvalue weighted by Crippen LogP contribution is 2.24. The average molecular weight is 504 g/mol.